The van der Waals surface area contributed by atoms with E-state index in [2.05, 4.69) is 41.6 Å². The average molecular weight is 203 g/mol. The van der Waals surface area contributed by atoms with Gasteiger partial charge in [-0.05, 0) is 23.6 Å². The first-order valence-electron chi connectivity index (χ1n) is 5.28. The maximum atomic E-state index is 5.63. The minimum absolute atomic E-state index is 0.488. The van der Waals surface area contributed by atoms with E-state index in [1.165, 1.54) is 11.1 Å². The molecule has 0 bridgehead atoms. The quantitative estimate of drug-likeness (QED) is 0.812. The van der Waals surface area contributed by atoms with E-state index < -0.39 is 0 Å². The highest BCUT2D eigenvalue weighted by Crippen LogP contribution is 2.21. The van der Waals surface area contributed by atoms with Crippen molar-refractivity contribution in [3.05, 3.63) is 29.6 Å². The van der Waals surface area contributed by atoms with Gasteiger partial charge in [0.05, 0.1) is 17.6 Å². The fraction of sp³-hybridized carbons (Fsp3) is 0.417. The molecule has 2 N–H and O–H groups in total. The molecule has 0 fully saturated rings. The second kappa shape index (κ2) is 3.66. The minimum Gasteiger partial charge on any atom is -0.330 e. The Balaban J connectivity index is 2.65. The molecule has 0 saturated carbocycles. The van der Waals surface area contributed by atoms with Crippen LogP contribution in [0.3, 0.4) is 0 Å². The number of imidazole rings is 1. The van der Waals surface area contributed by atoms with Crippen molar-refractivity contribution in [3.8, 4) is 0 Å². The lowest BCUT2D eigenvalue weighted by molar-refractivity contribution is 0.811. The third-order valence-corrected chi connectivity index (χ3v) is 2.85. The fourth-order valence-electron chi connectivity index (χ4n) is 1.80. The number of aryl methyl sites for hydroxylation is 1. The lowest BCUT2D eigenvalue weighted by atomic mass is 10.0. The van der Waals surface area contributed by atoms with E-state index in [9.17, 15) is 0 Å². The molecule has 0 aliphatic rings. The molecule has 2 rings (SSSR count). The second-order valence-electron chi connectivity index (χ2n) is 4.19. The molecule has 0 aliphatic heterocycles. The normalized spacial score (nSPS) is 11.5. The first-order valence-corrected chi connectivity index (χ1v) is 5.28. The molecular weight excluding hydrogens is 186 g/mol. The molecule has 0 amide bonds. The molecule has 1 aromatic carbocycles. The zero-order valence-electron chi connectivity index (χ0n) is 9.49. The van der Waals surface area contributed by atoms with E-state index >= 15 is 0 Å². The van der Waals surface area contributed by atoms with E-state index in [4.69, 9.17) is 5.73 Å². The number of fused-ring (bicyclic) bond motifs is 1. The van der Waals surface area contributed by atoms with Gasteiger partial charge in [0.25, 0.3) is 0 Å². The molecule has 15 heavy (non-hydrogen) atoms. The van der Waals surface area contributed by atoms with Gasteiger partial charge in [-0.25, -0.2) is 4.98 Å². The molecule has 2 aromatic rings. The Bertz CT molecular complexity index is 483. The van der Waals surface area contributed by atoms with Crippen LogP contribution >= 0.6 is 0 Å². The van der Waals surface area contributed by atoms with Crippen LogP contribution in [0.15, 0.2) is 18.2 Å². The summed E-state index contributed by atoms with van der Waals surface area (Å²) in [6.07, 6.45) is 0. The Kier molecular flexibility index (Phi) is 2.49. The van der Waals surface area contributed by atoms with Crippen molar-refractivity contribution >= 4 is 11.0 Å². The number of rotatable bonds is 2. The summed E-state index contributed by atoms with van der Waals surface area (Å²) in [4.78, 5) is 4.47. The van der Waals surface area contributed by atoms with Crippen LogP contribution in [0.2, 0.25) is 0 Å². The van der Waals surface area contributed by atoms with Crippen LogP contribution in [0.4, 0.5) is 0 Å². The smallest absolute Gasteiger partial charge is 0.123 e. The summed E-state index contributed by atoms with van der Waals surface area (Å²) in [5, 5.41) is 0. The maximum Gasteiger partial charge on any atom is 0.123 e. The SMILES string of the molecule is CC(C)c1ccc2nc(CN)n(C)c2c1. The van der Waals surface area contributed by atoms with Crippen molar-refractivity contribution in [2.45, 2.75) is 26.3 Å². The number of hydrogen-bond donors (Lipinski definition) is 1. The molecule has 3 heteroatoms. The topological polar surface area (TPSA) is 43.8 Å². The Hall–Kier alpha value is -1.35. The Morgan fingerprint density at radius 1 is 1.40 bits per heavy atom. The summed E-state index contributed by atoms with van der Waals surface area (Å²) >= 11 is 0. The van der Waals surface area contributed by atoms with Crippen LogP contribution in [0.25, 0.3) is 11.0 Å². The third-order valence-electron chi connectivity index (χ3n) is 2.85. The fourth-order valence-corrected chi connectivity index (χ4v) is 1.80. The van der Waals surface area contributed by atoms with E-state index in [0.717, 1.165) is 11.3 Å². The maximum absolute atomic E-state index is 5.63. The highest BCUT2D eigenvalue weighted by molar-refractivity contribution is 5.77. The summed E-state index contributed by atoms with van der Waals surface area (Å²) in [5.41, 5.74) is 9.17. The summed E-state index contributed by atoms with van der Waals surface area (Å²) < 4.78 is 2.07. The highest BCUT2D eigenvalue weighted by Gasteiger charge is 2.07. The van der Waals surface area contributed by atoms with Gasteiger partial charge in [-0.15, -0.1) is 0 Å². The van der Waals surface area contributed by atoms with Crippen molar-refractivity contribution in [3.63, 3.8) is 0 Å². The van der Waals surface area contributed by atoms with Gasteiger partial charge in [0.15, 0.2) is 0 Å². The predicted molar refractivity (Wildman–Crippen MR) is 62.7 cm³/mol. The van der Waals surface area contributed by atoms with Crippen molar-refractivity contribution < 1.29 is 0 Å². The molecule has 1 heterocycles. The molecule has 3 nitrogen and oxygen atoms in total. The predicted octanol–water partition coefficient (Wildman–Crippen LogP) is 2.16. The summed E-state index contributed by atoms with van der Waals surface area (Å²) in [5.74, 6) is 1.48. The molecule has 0 spiro atoms. The zero-order valence-corrected chi connectivity index (χ0v) is 9.49. The van der Waals surface area contributed by atoms with Gasteiger partial charge in [-0.3, -0.25) is 0 Å². The molecule has 0 atom stereocenters. The second-order valence-corrected chi connectivity index (χ2v) is 4.19. The number of hydrogen-bond acceptors (Lipinski definition) is 2. The summed E-state index contributed by atoms with van der Waals surface area (Å²) in [7, 11) is 2.02. The summed E-state index contributed by atoms with van der Waals surface area (Å²) in [6, 6.07) is 6.41. The highest BCUT2D eigenvalue weighted by atomic mass is 15.1. The Labute approximate surface area is 89.9 Å². The van der Waals surface area contributed by atoms with Crippen LogP contribution in [0.1, 0.15) is 31.2 Å². The van der Waals surface area contributed by atoms with Crippen molar-refractivity contribution in [1.29, 1.82) is 0 Å². The van der Waals surface area contributed by atoms with Crippen molar-refractivity contribution in [2.75, 3.05) is 0 Å². The average Bonchev–Trinajstić information content (AvgIpc) is 2.55. The van der Waals surface area contributed by atoms with Crippen LogP contribution in [-0.4, -0.2) is 9.55 Å². The number of nitrogens with two attached hydrogens (primary N) is 1. The largest absolute Gasteiger partial charge is 0.330 e. The van der Waals surface area contributed by atoms with Gasteiger partial charge >= 0.3 is 0 Å². The number of benzene rings is 1. The van der Waals surface area contributed by atoms with Crippen LogP contribution in [0, 0.1) is 0 Å². The van der Waals surface area contributed by atoms with Gasteiger partial charge < -0.3 is 10.3 Å². The molecule has 80 valence electrons. The van der Waals surface area contributed by atoms with Gasteiger partial charge in [0.2, 0.25) is 0 Å². The monoisotopic (exact) mass is 203 g/mol. The third kappa shape index (κ3) is 1.63. The van der Waals surface area contributed by atoms with Crippen LogP contribution in [-0.2, 0) is 13.6 Å². The van der Waals surface area contributed by atoms with Gasteiger partial charge in [-0.1, -0.05) is 19.9 Å². The van der Waals surface area contributed by atoms with Crippen LogP contribution < -0.4 is 5.73 Å². The molecule has 0 unspecified atom stereocenters. The van der Waals surface area contributed by atoms with E-state index in [0.29, 0.717) is 12.5 Å². The first kappa shape index (κ1) is 10.2. The Morgan fingerprint density at radius 3 is 2.73 bits per heavy atom. The van der Waals surface area contributed by atoms with Gasteiger partial charge in [0.1, 0.15) is 5.82 Å². The Morgan fingerprint density at radius 2 is 2.13 bits per heavy atom. The lowest BCUT2D eigenvalue weighted by Gasteiger charge is -2.05. The lowest BCUT2D eigenvalue weighted by Crippen LogP contribution is -2.04. The molecule has 1 aromatic heterocycles. The van der Waals surface area contributed by atoms with Crippen molar-refractivity contribution in [1.82, 2.24) is 9.55 Å². The van der Waals surface area contributed by atoms with Crippen molar-refractivity contribution in [2.24, 2.45) is 12.8 Å². The van der Waals surface area contributed by atoms with E-state index in [1.807, 2.05) is 7.05 Å². The minimum atomic E-state index is 0.488. The number of nitrogens with zero attached hydrogens (tertiary/aromatic N) is 2. The molecule has 0 saturated heterocycles. The molecule has 0 radical (unpaired) electrons. The summed E-state index contributed by atoms with van der Waals surface area (Å²) in [6.45, 7) is 4.88. The van der Waals surface area contributed by atoms with Crippen LogP contribution in [0.5, 0.6) is 0 Å². The zero-order chi connectivity index (χ0) is 11.0. The van der Waals surface area contributed by atoms with E-state index in [-0.39, 0.29) is 0 Å². The molecular formula is C12H17N3. The number of aromatic nitrogens is 2. The van der Waals surface area contributed by atoms with E-state index in [1.54, 1.807) is 0 Å². The molecule has 0 aliphatic carbocycles. The van der Waals surface area contributed by atoms with Gasteiger partial charge in [-0.2, -0.15) is 0 Å². The van der Waals surface area contributed by atoms with Gasteiger partial charge in [0, 0.05) is 7.05 Å². The standard InChI is InChI=1S/C12H17N3/c1-8(2)9-4-5-10-11(6-9)15(3)12(7-13)14-10/h4-6,8H,7,13H2,1-3H3. The first-order chi connectivity index (χ1) is 7.13.